The Kier molecular flexibility index (Phi) is 6.32. The lowest BCUT2D eigenvalue weighted by Gasteiger charge is -2.37. The molecular formula is C17H29ClN4O3. The number of nitrogens with one attached hydrogen (secondary N) is 2. The summed E-state index contributed by atoms with van der Waals surface area (Å²) in [6.45, 7) is 3.24. The topological polar surface area (TPSA) is 81.8 Å². The van der Waals surface area contributed by atoms with Crippen molar-refractivity contribution in [1.82, 2.24) is 20.4 Å². The predicted octanol–water partition coefficient (Wildman–Crippen LogP) is 1.12. The molecule has 1 aliphatic carbocycles. The molecule has 25 heavy (non-hydrogen) atoms. The predicted molar refractivity (Wildman–Crippen MR) is 96.5 cm³/mol. The van der Waals surface area contributed by atoms with Crippen LogP contribution in [0.3, 0.4) is 0 Å². The first-order valence-corrected chi connectivity index (χ1v) is 9.07. The molecule has 2 saturated heterocycles. The van der Waals surface area contributed by atoms with Crippen molar-refractivity contribution >= 4 is 30.3 Å². The number of imide groups is 1. The first-order chi connectivity index (χ1) is 11.5. The number of rotatable bonds is 3. The zero-order valence-electron chi connectivity index (χ0n) is 15.0. The molecule has 1 saturated carbocycles. The lowest BCUT2D eigenvalue weighted by atomic mass is 9.73. The summed E-state index contributed by atoms with van der Waals surface area (Å²) < 4.78 is 0. The molecule has 3 rings (SSSR count). The van der Waals surface area contributed by atoms with E-state index >= 15 is 0 Å². The summed E-state index contributed by atoms with van der Waals surface area (Å²) in [7, 11) is 1.93. The molecular weight excluding hydrogens is 344 g/mol. The molecule has 3 aliphatic rings. The van der Waals surface area contributed by atoms with E-state index in [2.05, 4.69) is 10.6 Å². The Labute approximate surface area is 155 Å². The van der Waals surface area contributed by atoms with Crippen LogP contribution in [0, 0.1) is 5.92 Å². The highest BCUT2D eigenvalue weighted by Gasteiger charge is 2.55. The summed E-state index contributed by atoms with van der Waals surface area (Å²) in [6.07, 6.45) is 5.45. The van der Waals surface area contributed by atoms with E-state index in [0.29, 0.717) is 25.6 Å². The van der Waals surface area contributed by atoms with Crippen molar-refractivity contribution < 1.29 is 14.4 Å². The number of amides is 4. The Morgan fingerprint density at radius 1 is 1.24 bits per heavy atom. The van der Waals surface area contributed by atoms with Gasteiger partial charge in [-0.2, -0.15) is 0 Å². The number of likely N-dealkylation sites (tertiary alicyclic amines) is 1. The average Bonchev–Trinajstić information content (AvgIpc) is 2.82. The zero-order chi connectivity index (χ0) is 17.3. The molecule has 7 nitrogen and oxygen atoms in total. The lowest BCUT2D eigenvalue weighted by Crippen LogP contribution is -2.54. The van der Waals surface area contributed by atoms with Gasteiger partial charge in [0, 0.05) is 19.1 Å². The van der Waals surface area contributed by atoms with Gasteiger partial charge in [-0.1, -0.05) is 19.8 Å². The maximum absolute atomic E-state index is 12.9. The van der Waals surface area contributed by atoms with E-state index in [-0.39, 0.29) is 36.7 Å². The van der Waals surface area contributed by atoms with Crippen LogP contribution in [0.4, 0.5) is 4.79 Å². The molecule has 0 bridgehead atoms. The van der Waals surface area contributed by atoms with Crippen LogP contribution >= 0.6 is 12.4 Å². The van der Waals surface area contributed by atoms with Crippen molar-refractivity contribution in [3.8, 4) is 0 Å². The van der Waals surface area contributed by atoms with Gasteiger partial charge in [0.2, 0.25) is 5.91 Å². The summed E-state index contributed by atoms with van der Waals surface area (Å²) in [6, 6.07) is 0.0318. The van der Waals surface area contributed by atoms with Crippen molar-refractivity contribution in [2.45, 2.75) is 57.0 Å². The van der Waals surface area contributed by atoms with Gasteiger partial charge in [0.1, 0.15) is 12.1 Å². The van der Waals surface area contributed by atoms with Gasteiger partial charge in [0.05, 0.1) is 0 Å². The highest BCUT2D eigenvalue weighted by molar-refractivity contribution is 6.09. The molecule has 0 aromatic heterocycles. The Balaban J connectivity index is 0.00000225. The summed E-state index contributed by atoms with van der Waals surface area (Å²) in [4.78, 5) is 40.6. The number of halogens is 1. The molecule has 142 valence electrons. The second-order valence-corrected chi connectivity index (χ2v) is 7.38. The van der Waals surface area contributed by atoms with Gasteiger partial charge < -0.3 is 15.5 Å². The molecule has 2 heterocycles. The molecule has 3 fully saturated rings. The van der Waals surface area contributed by atoms with Crippen LogP contribution in [-0.4, -0.2) is 65.9 Å². The second kappa shape index (κ2) is 7.91. The fraction of sp³-hybridized carbons (Fsp3) is 0.824. The molecule has 1 spiro atoms. The Morgan fingerprint density at radius 3 is 2.52 bits per heavy atom. The summed E-state index contributed by atoms with van der Waals surface area (Å²) >= 11 is 0. The normalized spacial score (nSPS) is 30.4. The van der Waals surface area contributed by atoms with E-state index in [0.717, 1.165) is 37.0 Å². The average molecular weight is 373 g/mol. The molecule has 0 aromatic carbocycles. The van der Waals surface area contributed by atoms with Crippen LogP contribution in [0.15, 0.2) is 0 Å². The van der Waals surface area contributed by atoms with Gasteiger partial charge in [-0.3, -0.25) is 14.5 Å². The Hall–Kier alpha value is -1.34. The van der Waals surface area contributed by atoms with E-state index in [1.54, 1.807) is 4.90 Å². The van der Waals surface area contributed by atoms with E-state index in [9.17, 15) is 14.4 Å². The molecule has 4 amide bonds. The second-order valence-electron chi connectivity index (χ2n) is 7.38. The van der Waals surface area contributed by atoms with Gasteiger partial charge >= 0.3 is 6.03 Å². The summed E-state index contributed by atoms with van der Waals surface area (Å²) in [5.41, 5.74) is -0.783. The van der Waals surface area contributed by atoms with Crippen molar-refractivity contribution in [3.63, 3.8) is 0 Å². The van der Waals surface area contributed by atoms with Gasteiger partial charge in [-0.25, -0.2) is 4.79 Å². The minimum atomic E-state index is -0.783. The number of piperidine rings is 1. The Bertz CT molecular complexity index is 536. The molecule has 2 aliphatic heterocycles. The largest absolute Gasteiger partial charge is 0.341 e. The van der Waals surface area contributed by atoms with Crippen LogP contribution in [0.5, 0.6) is 0 Å². The maximum Gasteiger partial charge on any atom is 0.325 e. The standard InChI is InChI=1S/C17H28N4O3.ClH/c1-12-5-3-4-8-17(12)15(23)21(16(24)19-17)11-14(22)20-9-6-13(18-2)7-10-20;/h12-13,18H,3-11H2,1-2H3,(H,19,24);1H. The van der Waals surface area contributed by atoms with E-state index in [1.807, 2.05) is 14.0 Å². The Morgan fingerprint density at radius 2 is 1.92 bits per heavy atom. The van der Waals surface area contributed by atoms with E-state index in [4.69, 9.17) is 0 Å². The number of urea groups is 1. The van der Waals surface area contributed by atoms with Gasteiger partial charge in [-0.15, -0.1) is 12.4 Å². The first-order valence-electron chi connectivity index (χ1n) is 9.07. The highest BCUT2D eigenvalue weighted by Crippen LogP contribution is 2.38. The van der Waals surface area contributed by atoms with Crippen molar-refractivity contribution in [2.24, 2.45) is 5.92 Å². The lowest BCUT2D eigenvalue weighted by molar-refractivity contribution is -0.141. The molecule has 0 radical (unpaired) electrons. The van der Waals surface area contributed by atoms with Gasteiger partial charge in [-0.05, 0) is 38.6 Å². The van der Waals surface area contributed by atoms with Crippen LogP contribution in [-0.2, 0) is 9.59 Å². The first kappa shape index (κ1) is 20.0. The maximum atomic E-state index is 12.9. The van der Waals surface area contributed by atoms with Crippen LogP contribution < -0.4 is 10.6 Å². The number of carbonyl (C=O) groups excluding carboxylic acids is 3. The molecule has 2 atom stereocenters. The fourth-order valence-electron chi connectivity index (χ4n) is 4.29. The minimum Gasteiger partial charge on any atom is -0.341 e. The minimum absolute atomic E-state index is 0. The van der Waals surface area contributed by atoms with E-state index in [1.165, 1.54) is 0 Å². The van der Waals surface area contributed by atoms with Crippen molar-refractivity contribution in [3.05, 3.63) is 0 Å². The molecule has 2 unspecified atom stereocenters. The number of hydrogen-bond donors (Lipinski definition) is 2. The van der Waals surface area contributed by atoms with Gasteiger partial charge in [0.25, 0.3) is 5.91 Å². The quantitative estimate of drug-likeness (QED) is 0.727. The molecule has 8 heteroatoms. The van der Waals surface area contributed by atoms with Crippen molar-refractivity contribution in [1.29, 1.82) is 0 Å². The monoisotopic (exact) mass is 372 g/mol. The third-order valence-corrected chi connectivity index (χ3v) is 6.05. The zero-order valence-corrected chi connectivity index (χ0v) is 15.9. The van der Waals surface area contributed by atoms with Crippen LogP contribution in [0.25, 0.3) is 0 Å². The number of carbonyl (C=O) groups is 3. The van der Waals surface area contributed by atoms with Crippen LogP contribution in [0.1, 0.15) is 45.4 Å². The fourth-order valence-corrected chi connectivity index (χ4v) is 4.29. The highest BCUT2D eigenvalue weighted by atomic mass is 35.5. The smallest absolute Gasteiger partial charge is 0.325 e. The van der Waals surface area contributed by atoms with E-state index < -0.39 is 11.6 Å². The van der Waals surface area contributed by atoms with Crippen molar-refractivity contribution in [2.75, 3.05) is 26.7 Å². The number of hydrogen-bond acceptors (Lipinski definition) is 4. The summed E-state index contributed by atoms with van der Waals surface area (Å²) in [5.74, 6) is -0.221. The summed E-state index contributed by atoms with van der Waals surface area (Å²) in [5, 5.41) is 6.13. The van der Waals surface area contributed by atoms with Crippen LogP contribution in [0.2, 0.25) is 0 Å². The third kappa shape index (κ3) is 3.62. The van der Waals surface area contributed by atoms with Gasteiger partial charge in [0.15, 0.2) is 0 Å². The molecule has 0 aromatic rings. The third-order valence-electron chi connectivity index (χ3n) is 6.05. The number of nitrogens with zero attached hydrogens (tertiary/aromatic N) is 2. The SMILES string of the molecule is CNC1CCN(C(=O)CN2C(=O)NC3(CCCCC3C)C2=O)CC1.Cl. The molecule has 2 N–H and O–H groups in total.